The lowest BCUT2D eigenvalue weighted by atomic mass is 9.88. The van der Waals surface area contributed by atoms with Crippen LogP contribution in [0.1, 0.15) is 51.2 Å². The van der Waals surface area contributed by atoms with E-state index in [4.69, 9.17) is 9.47 Å². The van der Waals surface area contributed by atoms with E-state index in [1.54, 1.807) is 4.90 Å². The Bertz CT molecular complexity index is 1210. The average Bonchev–Trinajstić information content (AvgIpc) is 3.58. The molecule has 0 spiro atoms. The second-order valence-corrected chi connectivity index (χ2v) is 12.4. The Balaban J connectivity index is 1.35. The zero-order valence-electron chi connectivity index (χ0n) is 24.2. The summed E-state index contributed by atoms with van der Waals surface area (Å²) in [6.45, 7) is 9.72. The van der Waals surface area contributed by atoms with Gasteiger partial charge in [0.15, 0.2) is 0 Å². The number of carbonyl (C=O) groups excluding carboxylic acids is 1. The molecule has 0 saturated carbocycles. The summed E-state index contributed by atoms with van der Waals surface area (Å²) in [6.07, 6.45) is 4.19. The Morgan fingerprint density at radius 2 is 1.88 bits per heavy atom. The summed E-state index contributed by atoms with van der Waals surface area (Å²) in [6, 6.07) is 13.7. The van der Waals surface area contributed by atoms with Crippen LogP contribution in [-0.4, -0.2) is 66.5 Å². The smallest absolute Gasteiger partial charge is 0.410 e. The molecule has 7 nitrogen and oxygen atoms in total. The summed E-state index contributed by atoms with van der Waals surface area (Å²) in [5, 5.41) is 7.42. The molecule has 3 heterocycles. The number of ether oxygens (including phenoxy) is 2. The van der Waals surface area contributed by atoms with E-state index in [0.717, 1.165) is 37.4 Å². The first-order valence-corrected chi connectivity index (χ1v) is 14.7. The number of hydrogen-bond donors (Lipinski definition) is 2. The highest BCUT2D eigenvalue weighted by atomic mass is 19.1. The quantitative estimate of drug-likeness (QED) is 0.449. The summed E-state index contributed by atoms with van der Waals surface area (Å²) in [7, 11) is 0. The van der Waals surface area contributed by atoms with Gasteiger partial charge >= 0.3 is 6.09 Å². The third kappa shape index (κ3) is 7.57. The molecule has 2 N–H and O–H groups in total. The number of rotatable bonds is 8. The van der Waals surface area contributed by atoms with Crippen molar-refractivity contribution >= 4 is 11.8 Å². The van der Waals surface area contributed by atoms with Gasteiger partial charge in [0.25, 0.3) is 0 Å². The Morgan fingerprint density at radius 3 is 2.61 bits per heavy atom. The molecule has 0 radical (unpaired) electrons. The predicted molar refractivity (Wildman–Crippen MR) is 154 cm³/mol. The fourth-order valence-corrected chi connectivity index (χ4v) is 6.02. The number of hydrogen-bond acceptors (Lipinski definition) is 6. The summed E-state index contributed by atoms with van der Waals surface area (Å²) >= 11 is 0. The van der Waals surface area contributed by atoms with Gasteiger partial charge in [0.05, 0.1) is 5.70 Å². The Hall–Kier alpha value is -3.17. The van der Waals surface area contributed by atoms with Crippen LogP contribution in [0.25, 0.3) is 5.70 Å². The minimum absolute atomic E-state index is 0.0172. The minimum atomic E-state index is -0.524. The van der Waals surface area contributed by atoms with Crippen molar-refractivity contribution in [3.8, 4) is 0 Å². The molecule has 3 atom stereocenters. The zero-order valence-corrected chi connectivity index (χ0v) is 24.2. The van der Waals surface area contributed by atoms with Crippen LogP contribution in [0.15, 0.2) is 54.7 Å². The molecule has 3 aliphatic heterocycles. The van der Waals surface area contributed by atoms with E-state index < -0.39 is 17.2 Å². The molecular formula is C32H42F2N4O3. The number of benzene rings is 2. The van der Waals surface area contributed by atoms with E-state index in [9.17, 15) is 13.6 Å². The van der Waals surface area contributed by atoms with Crippen molar-refractivity contribution in [3.05, 3.63) is 77.5 Å². The van der Waals surface area contributed by atoms with Gasteiger partial charge in [-0.05, 0) is 75.6 Å². The van der Waals surface area contributed by atoms with Gasteiger partial charge in [0.1, 0.15) is 23.4 Å². The molecule has 0 aliphatic carbocycles. The lowest BCUT2D eigenvalue weighted by Gasteiger charge is -2.40. The van der Waals surface area contributed by atoms with Crippen molar-refractivity contribution in [2.75, 3.05) is 32.8 Å². The van der Waals surface area contributed by atoms with Gasteiger partial charge in [-0.1, -0.05) is 30.3 Å². The standard InChI is InChI=1S/C32H42F2N4O3/c1-32(2,3)41-31(39)37-14-11-23(20-37)18-35-29(24-12-15-40-16-13-24)30-36-28(26-17-25(33)9-10-27(26)34)21-38(30)19-22-7-5-4-6-8-22/h4-10,17,21,23-24,29-30,35-36H,11-16,18-20H2,1-3H3. The molecule has 3 unspecified atom stereocenters. The van der Waals surface area contributed by atoms with Crippen LogP contribution in [-0.2, 0) is 16.0 Å². The molecule has 1 amide bonds. The molecule has 2 aromatic rings. The van der Waals surface area contributed by atoms with E-state index >= 15 is 0 Å². The van der Waals surface area contributed by atoms with Crippen LogP contribution in [0.5, 0.6) is 0 Å². The maximum absolute atomic E-state index is 14.9. The van der Waals surface area contributed by atoms with Crippen LogP contribution >= 0.6 is 0 Å². The maximum atomic E-state index is 14.9. The van der Waals surface area contributed by atoms with Crippen molar-refractivity contribution in [1.29, 1.82) is 0 Å². The summed E-state index contributed by atoms with van der Waals surface area (Å²) in [5.74, 6) is -0.318. The van der Waals surface area contributed by atoms with Crippen LogP contribution in [0.2, 0.25) is 0 Å². The Morgan fingerprint density at radius 1 is 1.12 bits per heavy atom. The van der Waals surface area contributed by atoms with E-state index in [-0.39, 0.29) is 23.9 Å². The third-order valence-corrected chi connectivity index (χ3v) is 8.08. The van der Waals surface area contributed by atoms with Crippen LogP contribution in [0.4, 0.5) is 13.6 Å². The fraction of sp³-hybridized carbons (Fsp3) is 0.531. The second-order valence-electron chi connectivity index (χ2n) is 12.4. The van der Waals surface area contributed by atoms with E-state index in [0.29, 0.717) is 50.4 Å². The molecule has 9 heteroatoms. The molecule has 5 rings (SSSR count). The largest absolute Gasteiger partial charge is 0.444 e. The van der Waals surface area contributed by atoms with Crippen molar-refractivity contribution in [3.63, 3.8) is 0 Å². The monoisotopic (exact) mass is 568 g/mol. The van der Waals surface area contributed by atoms with Crippen LogP contribution < -0.4 is 10.6 Å². The lowest BCUT2D eigenvalue weighted by molar-refractivity contribution is 0.0281. The molecule has 222 valence electrons. The third-order valence-electron chi connectivity index (χ3n) is 8.08. The second kappa shape index (κ2) is 12.8. The number of nitrogens with zero attached hydrogens (tertiary/aromatic N) is 2. The number of carbonyl (C=O) groups is 1. The first-order chi connectivity index (χ1) is 19.7. The van der Waals surface area contributed by atoms with Crippen molar-refractivity contribution in [1.82, 2.24) is 20.4 Å². The number of likely N-dealkylation sites (tertiary alicyclic amines) is 1. The first-order valence-electron chi connectivity index (χ1n) is 14.7. The zero-order chi connectivity index (χ0) is 29.0. The highest BCUT2D eigenvalue weighted by Crippen LogP contribution is 2.31. The first kappa shape index (κ1) is 29.3. The van der Waals surface area contributed by atoms with Gasteiger partial charge in [-0.3, -0.25) is 0 Å². The van der Waals surface area contributed by atoms with Crippen LogP contribution in [0.3, 0.4) is 0 Å². The van der Waals surface area contributed by atoms with Crippen molar-refractivity contribution in [2.24, 2.45) is 11.8 Å². The molecule has 41 heavy (non-hydrogen) atoms. The Kier molecular flexibility index (Phi) is 9.14. The number of amides is 1. The number of nitrogens with one attached hydrogen (secondary N) is 2. The molecular weight excluding hydrogens is 526 g/mol. The summed E-state index contributed by atoms with van der Waals surface area (Å²) < 4.78 is 40.3. The molecule has 2 saturated heterocycles. The SMILES string of the molecule is CC(C)(C)OC(=O)N1CCC(CNC(C2CCOCC2)C2NC(c3cc(F)ccc3F)=CN2Cc2ccccc2)C1. The van der Waals surface area contributed by atoms with E-state index in [2.05, 4.69) is 27.7 Å². The fourth-order valence-electron chi connectivity index (χ4n) is 6.02. The summed E-state index contributed by atoms with van der Waals surface area (Å²) in [5.41, 5.74) is 1.40. The average molecular weight is 569 g/mol. The van der Waals surface area contributed by atoms with Gasteiger partial charge in [-0.15, -0.1) is 0 Å². The molecule has 2 aromatic carbocycles. The van der Waals surface area contributed by atoms with Crippen LogP contribution in [0, 0.1) is 23.5 Å². The van der Waals surface area contributed by atoms with E-state index in [1.807, 2.05) is 45.2 Å². The van der Waals surface area contributed by atoms with Gasteiger partial charge in [-0.2, -0.15) is 0 Å². The molecule has 0 bridgehead atoms. The van der Waals surface area contributed by atoms with E-state index in [1.165, 1.54) is 12.1 Å². The minimum Gasteiger partial charge on any atom is -0.444 e. The highest BCUT2D eigenvalue weighted by molar-refractivity contribution is 5.68. The predicted octanol–water partition coefficient (Wildman–Crippen LogP) is 5.34. The van der Waals surface area contributed by atoms with Crippen molar-refractivity contribution < 1.29 is 23.0 Å². The summed E-state index contributed by atoms with van der Waals surface area (Å²) in [4.78, 5) is 16.6. The van der Waals surface area contributed by atoms with Gasteiger partial charge in [0, 0.05) is 57.2 Å². The normalized spacial score (nSPS) is 22.4. The molecule has 3 aliphatic rings. The topological polar surface area (TPSA) is 66.1 Å². The van der Waals surface area contributed by atoms with Gasteiger partial charge < -0.3 is 29.9 Å². The highest BCUT2D eigenvalue weighted by Gasteiger charge is 2.39. The molecule has 2 fully saturated rings. The number of halogens is 2. The maximum Gasteiger partial charge on any atom is 0.410 e. The molecule has 0 aromatic heterocycles. The van der Waals surface area contributed by atoms with Gasteiger partial charge in [0.2, 0.25) is 0 Å². The Labute approximate surface area is 241 Å². The lowest BCUT2D eigenvalue weighted by Crippen LogP contribution is -2.57. The van der Waals surface area contributed by atoms with Gasteiger partial charge in [-0.25, -0.2) is 13.6 Å². The van der Waals surface area contributed by atoms with Crippen molar-refractivity contribution in [2.45, 2.75) is 64.4 Å².